The maximum Gasteiger partial charge on any atom is 0.306 e. The first-order valence-corrected chi connectivity index (χ1v) is 7.37. The van der Waals surface area contributed by atoms with Crippen molar-refractivity contribution in [2.75, 3.05) is 20.0 Å². The number of ether oxygens (including phenoxy) is 2. The van der Waals surface area contributed by atoms with Gasteiger partial charge in [0.25, 0.3) is 0 Å². The topological polar surface area (TPSA) is 91.6 Å². The van der Waals surface area contributed by atoms with Crippen LogP contribution in [0.2, 0.25) is 0 Å². The predicted molar refractivity (Wildman–Crippen MR) is 76.5 cm³/mol. The van der Waals surface area contributed by atoms with Gasteiger partial charge in [0.2, 0.25) is 5.88 Å². The number of hydrogen-bond donors (Lipinski definition) is 0. The molecular formula is C13H16N2O5S. The van der Waals surface area contributed by atoms with Crippen molar-refractivity contribution in [2.24, 2.45) is 5.41 Å². The molecule has 0 spiro atoms. The molecule has 0 atom stereocenters. The molecule has 1 aliphatic carbocycles. The number of aromatic nitrogens is 1. The summed E-state index contributed by atoms with van der Waals surface area (Å²) in [7, 11) is 2.82. The second kappa shape index (κ2) is 6.30. The van der Waals surface area contributed by atoms with E-state index in [1.54, 1.807) is 0 Å². The Balaban J connectivity index is 2.08. The third kappa shape index (κ3) is 3.84. The first-order valence-electron chi connectivity index (χ1n) is 6.39. The molecule has 1 aromatic rings. The third-order valence-electron chi connectivity index (χ3n) is 3.44. The molecule has 0 amide bonds. The van der Waals surface area contributed by atoms with Crippen LogP contribution in [-0.4, -0.2) is 35.8 Å². The van der Waals surface area contributed by atoms with Crippen molar-refractivity contribution < 1.29 is 19.2 Å². The Morgan fingerprint density at radius 3 is 2.71 bits per heavy atom. The van der Waals surface area contributed by atoms with E-state index in [1.807, 2.05) is 0 Å². The summed E-state index contributed by atoms with van der Waals surface area (Å²) in [4.78, 5) is 26.1. The highest BCUT2D eigenvalue weighted by molar-refractivity contribution is 7.99. The lowest BCUT2D eigenvalue weighted by atomic mass is 10.1. The SMILES string of the molecule is COC(=O)CC1(CSc2nc(OC)ccc2[N+](=O)[O-])CC1. The summed E-state index contributed by atoms with van der Waals surface area (Å²) in [6.07, 6.45) is 2.19. The summed E-state index contributed by atoms with van der Waals surface area (Å²) in [6, 6.07) is 2.84. The quantitative estimate of drug-likeness (QED) is 0.330. The molecule has 0 aromatic carbocycles. The summed E-state index contributed by atoms with van der Waals surface area (Å²) >= 11 is 1.29. The van der Waals surface area contributed by atoms with Gasteiger partial charge in [0, 0.05) is 17.9 Å². The van der Waals surface area contributed by atoms with Crippen LogP contribution in [0, 0.1) is 15.5 Å². The van der Waals surface area contributed by atoms with Gasteiger partial charge in [0.1, 0.15) is 0 Å². The number of thioether (sulfide) groups is 1. The van der Waals surface area contributed by atoms with Crippen LogP contribution in [-0.2, 0) is 9.53 Å². The monoisotopic (exact) mass is 312 g/mol. The van der Waals surface area contributed by atoms with Crippen molar-refractivity contribution in [3.63, 3.8) is 0 Å². The van der Waals surface area contributed by atoms with Gasteiger partial charge < -0.3 is 9.47 Å². The minimum atomic E-state index is -0.464. The molecule has 8 heteroatoms. The summed E-state index contributed by atoms with van der Waals surface area (Å²) in [5.41, 5.74) is -0.161. The maximum atomic E-state index is 11.4. The van der Waals surface area contributed by atoms with Gasteiger partial charge in [-0.2, -0.15) is 4.98 Å². The van der Waals surface area contributed by atoms with Gasteiger partial charge in [-0.25, -0.2) is 0 Å². The number of esters is 1. The van der Waals surface area contributed by atoms with E-state index in [0.717, 1.165) is 12.8 Å². The smallest absolute Gasteiger partial charge is 0.306 e. The Hall–Kier alpha value is -1.83. The van der Waals surface area contributed by atoms with E-state index in [1.165, 1.54) is 38.1 Å². The zero-order valence-corrected chi connectivity index (χ0v) is 12.6. The molecule has 1 aromatic heterocycles. The molecular weight excluding hydrogens is 296 g/mol. The standard InChI is InChI=1S/C13H16N2O5S/c1-19-10-4-3-9(15(17)18)12(14-10)21-8-13(5-6-13)7-11(16)20-2/h3-4H,5-8H2,1-2H3. The van der Waals surface area contributed by atoms with Crippen molar-refractivity contribution in [3.8, 4) is 5.88 Å². The molecule has 114 valence electrons. The van der Waals surface area contributed by atoms with Crippen molar-refractivity contribution in [1.29, 1.82) is 0 Å². The molecule has 0 N–H and O–H groups in total. The fourth-order valence-corrected chi connectivity index (χ4v) is 3.20. The van der Waals surface area contributed by atoms with Crippen LogP contribution >= 0.6 is 11.8 Å². The highest BCUT2D eigenvalue weighted by Crippen LogP contribution is 2.52. The molecule has 1 saturated carbocycles. The average Bonchev–Trinajstić information content (AvgIpc) is 3.24. The van der Waals surface area contributed by atoms with E-state index in [4.69, 9.17) is 4.74 Å². The third-order valence-corrected chi connectivity index (χ3v) is 4.77. The molecule has 2 rings (SSSR count). The fraction of sp³-hybridized carbons (Fsp3) is 0.538. The average molecular weight is 312 g/mol. The first kappa shape index (κ1) is 15.6. The van der Waals surface area contributed by atoms with Gasteiger partial charge in [-0.05, 0) is 18.3 Å². The van der Waals surface area contributed by atoms with E-state index in [-0.39, 0.29) is 17.1 Å². The van der Waals surface area contributed by atoms with Gasteiger partial charge in [-0.15, -0.1) is 0 Å². The van der Waals surface area contributed by atoms with Crippen LogP contribution in [0.1, 0.15) is 19.3 Å². The minimum absolute atomic E-state index is 0.0466. The fourth-order valence-electron chi connectivity index (χ4n) is 1.92. The number of carbonyl (C=O) groups excluding carboxylic acids is 1. The van der Waals surface area contributed by atoms with Crippen LogP contribution in [0.4, 0.5) is 5.69 Å². The molecule has 0 aliphatic heterocycles. The Kier molecular flexibility index (Phi) is 4.66. The molecule has 0 bridgehead atoms. The Morgan fingerprint density at radius 1 is 1.48 bits per heavy atom. The summed E-state index contributed by atoms with van der Waals surface area (Å²) in [6.45, 7) is 0. The molecule has 1 fully saturated rings. The highest BCUT2D eigenvalue weighted by Gasteiger charge is 2.45. The van der Waals surface area contributed by atoms with E-state index in [2.05, 4.69) is 9.72 Å². The van der Waals surface area contributed by atoms with Gasteiger partial charge in [0.15, 0.2) is 5.03 Å². The van der Waals surface area contributed by atoms with Crippen LogP contribution < -0.4 is 4.74 Å². The van der Waals surface area contributed by atoms with Gasteiger partial charge in [0.05, 0.1) is 25.6 Å². The van der Waals surface area contributed by atoms with E-state index >= 15 is 0 Å². The molecule has 1 aliphatic rings. The largest absolute Gasteiger partial charge is 0.481 e. The van der Waals surface area contributed by atoms with Gasteiger partial charge >= 0.3 is 11.7 Å². The molecule has 21 heavy (non-hydrogen) atoms. The van der Waals surface area contributed by atoms with Crippen LogP contribution in [0.3, 0.4) is 0 Å². The first-order chi connectivity index (χ1) is 9.99. The number of hydrogen-bond acceptors (Lipinski definition) is 7. The van der Waals surface area contributed by atoms with E-state index in [9.17, 15) is 14.9 Å². The van der Waals surface area contributed by atoms with Gasteiger partial charge in [-0.1, -0.05) is 11.8 Å². The number of pyridine rings is 1. The minimum Gasteiger partial charge on any atom is -0.481 e. The Morgan fingerprint density at radius 2 is 2.19 bits per heavy atom. The molecule has 0 radical (unpaired) electrons. The number of nitrogens with zero attached hydrogens (tertiary/aromatic N) is 2. The van der Waals surface area contributed by atoms with Crippen LogP contribution in [0.25, 0.3) is 0 Å². The van der Waals surface area contributed by atoms with Gasteiger partial charge in [-0.3, -0.25) is 14.9 Å². The second-order valence-electron chi connectivity index (χ2n) is 4.98. The zero-order chi connectivity index (χ0) is 15.5. The van der Waals surface area contributed by atoms with E-state index < -0.39 is 4.92 Å². The van der Waals surface area contributed by atoms with Crippen molar-refractivity contribution in [3.05, 3.63) is 22.2 Å². The normalized spacial score (nSPS) is 15.3. The highest BCUT2D eigenvalue weighted by atomic mass is 32.2. The summed E-state index contributed by atoms with van der Waals surface area (Å²) < 4.78 is 9.68. The molecule has 7 nitrogen and oxygen atoms in total. The van der Waals surface area contributed by atoms with Crippen molar-refractivity contribution in [2.45, 2.75) is 24.3 Å². The lowest BCUT2D eigenvalue weighted by molar-refractivity contribution is -0.388. The lowest BCUT2D eigenvalue weighted by Gasteiger charge is -2.12. The number of nitro groups is 1. The molecule has 0 saturated heterocycles. The predicted octanol–water partition coefficient (Wildman–Crippen LogP) is 2.43. The van der Waals surface area contributed by atoms with E-state index in [0.29, 0.717) is 23.1 Å². The Bertz CT molecular complexity index is 559. The number of carbonyl (C=O) groups is 1. The Labute approximate surface area is 126 Å². The van der Waals surface area contributed by atoms with Crippen molar-refractivity contribution in [1.82, 2.24) is 4.98 Å². The molecule has 0 unspecified atom stereocenters. The number of methoxy groups -OCH3 is 2. The van der Waals surface area contributed by atoms with Crippen LogP contribution in [0.5, 0.6) is 5.88 Å². The second-order valence-corrected chi connectivity index (χ2v) is 5.94. The van der Waals surface area contributed by atoms with Crippen molar-refractivity contribution >= 4 is 23.4 Å². The maximum absolute atomic E-state index is 11.4. The lowest BCUT2D eigenvalue weighted by Crippen LogP contribution is -2.13. The summed E-state index contributed by atoms with van der Waals surface area (Å²) in [5, 5.41) is 11.3. The number of rotatable bonds is 7. The zero-order valence-electron chi connectivity index (χ0n) is 11.8. The summed E-state index contributed by atoms with van der Waals surface area (Å²) in [5.74, 6) is 0.686. The molecule has 1 heterocycles. The van der Waals surface area contributed by atoms with Crippen LogP contribution in [0.15, 0.2) is 17.2 Å².